The highest BCUT2D eigenvalue weighted by Crippen LogP contribution is 2.26. The van der Waals surface area contributed by atoms with Crippen LogP contribution in [-0.2, 0) is 4.74 Å². The number of hydrogen-bond donors (Lipinski definition) is 5. The quantitative estimate of drug-likeness (QED) is 0.376. The Morgan fingerprint density at radius 3 is 2.47 bits per heavy atom. The van der Waals surface area contributed by atoms with E-state index in [0.717, 1.165) is 16.8 Å². The number of nitrogens with one attached hydrogen (secondary N) is 1. The fraction of sp³-hybridized carbons (Fsp3) is 0.600. The van der Waals surface area contributed by atoms with E-state index in [1.807, 2.05) is 4.98 Å². The Bertz CT molecular complexity index is 551. The second kappa shape index (κ2) is 5.23. The van der Waals surface area contributed by atoms with Crippen molar-refractivity contribution in [1.29, 1.82) is 0 Å². The van der Waals surface area contributed by atoms with Crippen molar-refractivity contribution in [1.82, 2.24) is 9.55 Å². The van der Waals surface area contributed by atoms with Crippen molar-refractivity contribution in [2.75, 3.05) is 6.61 Å². The Morgan fingerprint density at radius 1 is 1.21 bits per heavy atom. The molecule has 1 aliphatic rings. The van der Waals surface area contributed by atoms with E-state index in [0.29, 0.717) is 0 Å². The van der Waals surface area contributed by atoms with Crippen LogP contribution >= 0.6 is 0 Å². The second-order valence-electron chi connectivity index (χ2n) is 4.24. The van der Waals surface area contributed by atoms with Crippen LogP contribution < -0.4 is 11.2 Å². The van der Waals surface area contributed by atoms with Gasteiger partial charge in [0.25, 0.3) is 5.56 Å². The zero-order valence-corrected chi connectivity index (χ0v) is 9.71. The maximum atomic E-state index is 11.6. The summed E-state index contributed by atoms with van der Waals surface area (Å²) in [4.78, 5) is 24.5. The first-order valence-corrected chi connectivity index (χ1v) is 5.57. The molecule has 0 aromatic carbocycles. The fourth-order valence-corrected chi connectivity index (χ4v) is 1.94. The van der Waals surface area contributed by atoms with Gasteiger partial charge in [-0.3, -0.25) is 14.3 Å². The van der Waals surface area contributed by atoms with Gasteiger partial charge in [0.2, 0.25) is 0 Å². The molecule has 0 amide bonds. The third-order valence-electron chi connectivity index (χ3n) is 2.99. The first-order valence-electron chi connectivity index (χ1n) is 5.57. The molecule has 2 heterocycles. The van der Waals surface area contributed by atoms with Gasteiger partial charge in [0.1, 0.15) is 24.4 Å². The number of hydrogen-bond acceptors (Lipinski definition) is 7. The van der Waals surface area contributed by atoms with Gasteiger partial charge in [-0.15, -0.1) is 0 Å². The molecule has 1 aliphatic heterocycles. The van der Waals surface area contributed by atoms with Crippen LogP contribution in [0.25, 0.3) is 0 Å². The summed E-state index contributed by atoms with van der Waals surface area (Å²) in [6.07, 6.45) is -6.03. The normalized spacial score (nSPS) is 35.3. The number of aromatic amines is 1. The largest absolute Gasteiger partial charge is 0.394 e. The fourth-order valence-electron chi connectivity index (χ4n) is 1.94. The number of aliphatic hydroxyl groups is 4. The summed E-state index contributed by atoms with van der Waals surface area (Å²) in [5, 5.41) is 38.0. The molecule has 1 fully saturated rings. The summed E-state index contributed by atoms with van der Waals surface area (Å²) < 4.78 is 6.03. The van der Waals surface area contributed by atoms with Crippen molar-refractivity contribution in [2.24, 2.45) is 0 Å². The van der Waals surface area contributed by atoms with Crippen molar-refractivity contribution in [2.45, 2.75) is 30.6 Å². The third kappa shape index (κ3) is 2.46. The average molecular weight is 274 g/mol. The monoisotopic (exact) mass is 274 g/mol. The van der Waals surface area contributed by atoms with Crippen LogP contribution in [0.3, 0.4) is 0 Å². The van der Waals surface area contributed by atoms with E-state index in [1.54, 1.807) is 0 Å². The van der Waals surface area contributed by atoms with Crippen molar-refractivity contribution in [3.8, 4) is 0 Å². The maximum Gasteiger partial charge on any atom is 0.330 e. The van der Waals surface area contributed by atoms with Gasteiger partial charge in [-0.2, -0.15) is 0 Å². The minimum Gasteiger partial charge on any atom is -0.394 e. The average Bonchev–Trinajstić information content (AvgIpc) is 2.38. The van der Waals surface area contributed by atoms with E-state index in [2.05, 4.69) is 0 Å². The van der Waals surface area contributed by atoms with Crippen LogP contribution in [0.15, 0.2) is 21.9 Å². The van der Waals surface area contributed by atoms with Gasteiger partial charge in [-0.05, 0) is 0 Å². The topological polar surface area (TPSA) is 145 Å². The molecular weight excluding hydrogens is 260 g/mol. The van der Waals surface area contributed by atoms with Crippen LogP contribution in [-0.4, -0.2) is 61.0 Å². The predicted octanol–water partition coefficient (Wildman–Crippen LogP) is -3.49. The van der Waals surface area contributed by atoms with Crippen molar-refractivity contribution >= 4 is 0 Å². The first kappa shape index (κ1) is 13.9. The van der Waals surface area contributed by atoms with Crippen LogP contribution in [0.1, 0.15) is 6.23 Å². The molecule has 5 atom stereocenters. The second-order valence-corrected chi connectivity index (χ2v) is 4.24. The molecule has 106 valence electrons. The highest BCUT2D eigenvalue weighted by atomic mass is 16.6. The Kier molecular flexibility index (Phi) is 3.83. The Morgan fingerprint density at radius 2 is 1.89 bits per heavy atom. The summed E-state index contributed by atoms with van der Waals surface area (Å²) >= 11 is 0. The molecule has 9 nitrogen and oxygen atoms in total. The van der Waals surface area contributed by atoms with E-state index in [1.165, 1.54) is 0 Å². The van der Waals surface area contributed by atoms with Gasteiger partial charge in [0, 0.05) is 12.3 Å². The minimum atomic E-state index is -1.59. The zero-order valence-electron chi connectivity index (χ0n) is 9.71. The van der Waals surface area contributed by atoms with Crippen molar-refractivity contribution in [3.05, 3.63) is 33.1 Å². The van der Waals surface area contributed by atoms with Crippen LogP contribution in [0.5, 0.6) is 0 Å². The van der Waals surface area contributed by atoms with E-state index in [-0.39, 0.29) is 0 Å². The molecule has 9 heteroatoms. The molecule has 0 bridgehead atoms. The van der Waals surface area contributed by atoms with E-state index in [4.69, 9.17) is 9.84 Å². The summed E-state index contributed by atoms with van der Waals surface area (Å²) in [6, 6.07) is 1.04. The van der Waals surface area contributed by atoms with Gasteiger partial charge >= 0.3 is 5.69 Å². The van der Waals surface area contributed by atoms with Gasteiger partial charge in [0.05, 0.1) is 6.61 Å². The van der Waals surface area contributed by atoms with Gasteiger partial charge in [0.15, 0.2) is 6.23 Å². The molecule has 19 heavy (non-hydrogen) atoms. The van der Waals surface area contributed by atoms with Crippen molar-refractivity contribution in [3.63, 3.8) is 0 Å². The number of nitrogens with zero attached hydrogens (tertiary/aromatic N) is 1. The Labute approximate surface area is 106 Å². The molecule has 1 saturated heterocycles. The Balaban J connectivity index is 2.38. The maximum absolute atomic E-state index is 11.6. The number of aliphatic hydroxyl groups excluding tert-OH is 4. The van der Waals surface area contributed by atoms with Crippen molar-refractivity contribution < 1.29 is 25.2 Å². The molecule has 5 N–H and O–H groups in total. The molecule has 0 radical (unpaired) electrons. The number of aromatic nitrogens is 2. The summed E-state index contributed by atoms with van der Waals surface area (Å²) in [6.45, 7) is -0.598. The predicted molar refractivity (Wildman–Crippen MR) is 60.3 cm³/mol. The first-order chi connectivity index (χ1) is 8.95. The summed E-state index contributed by atoms with van der Waals surface area (Å²) in [7, 11) is 0. The summed E-state index contributed by atoms with van der Waals surface area (Å²) in [5.74, 6) is 0. The van der Waals surface area contributed by atoms with E-state index in [9.17, 15) is 24.9 Å². The molecule has 0 unspecified atom stereocenters. The standard InChI is InChI=1S/C10H14N2O7/c13-3-4-6(15)7(16)8(17)9(19-4)12-2-1-5(14)11-10(12)18/h1-2,4,6-9,13,15-17H,3H2,(H,11,14,18)/t4-,6-,7+,8-,9-/m1/s1. The van der Waals surface area contributed by atoms with Crippen LogP contribution in [0, 0.1) is 0 Å². The molecule has 0 spiro atoms. The van der Waals surface area contributed by atoms with Gasteiger partial charge in [-0.25, -0.2) is 4.79 Å². The number of H-pyrrole nitrogens is 1. The van der Waals surface area contributed by atoms with E-state index >= 15 is 0 Å². The number of ether oxygens (including phenoxy) is 1. The molecule has 1 aromatic heterocycles. The SMILES string of the molecule is O=c1ccn([C@@H]2O[C@H](CO)[C@@H](O)[C@H](O)[C@H]2O)c(=O)[nH]1. The lowest BCUT2D eigenvalue weighted by Crippen LogP contribution is -2.57. The molecule has 1 aromatic rings. The zero-order chi connectivity index (χ0) is 14.2. The lowest BCUT2D eigenvalue weighted by atomic mass is 9.98. The molecule has 0 saturated carbocycles. The van der Waals surface area contributed by atoms with Gasteiger partial charge < -0.3 is 25.2 Å². The van der Waals surface area contributed by atoms with Crippen LogP contribution in [0.2, 0.25) is 0 Å². The smallest absolute Gasteiger partial charge is 0.330 e. The molecule has 0 aliphatic carbocycles. The Hall–Kier alpha value is -1.52. The minimum absolute atomic E-state index is 0.598. The lowest BCUT2D eigenvalue weighted by molar-refractivity contribution is -0.252. The lowest BCUT2D eigenvalue weighted by Gasteiger charge is -2.40. The van der Waals surface area contributed by atoms with Crippen LogP contribution in [0.4, 0.5) is 0 Å². The molecule has 2 rings (SSSR count). The number of rotatable bonds is 2. The molecular formula is C10H14N2O7. The van der Waals surface area contributed by atoms with E-state index < -0.39 is 48.5 Å². The third-order valence-corrected chi connectivity index (χ3v) is 2.99. The summed E-state index contributed by atoms with van der Waals surface area (Å²) in [5.41, 5.74) is -1.46. The highest BCUT2D eigenvalue weighted by Gasteiger charge is 2.44. The van der Waals surface area contributed by atoms with Gasteiger partial charge in [-0.1, -0.05) is 0 Å². The highest BCUT2D eigenvalue weighted by molar-refractivity contribution is 4.93.